The Bertz CT molecular complexity index is 1440. The molecule has 1 unspecified atom stereocenters. The topological polar surface area (TPSA) is 110 Å². The standard InChI is InChI=1S/C27H30N8O3/c1-28-26(36)20-11-19(12-29-13-20)22-15-31-35-16-23(27(32-25(22)35)38-21-5-10-37-17-21)18-3-4-24(30-14-18)34-8-6-33(2)7-9-34/h3-4,11-16,21H,5-10,17H2,1-2H3,(H,28,36). The van der Waals surface area contributed by atoms with Crippen LogP contribution in [0.2, 0.25) is 0 Å². The molecule has 1 N–H and O–H groups in total. The largest absolute Gasteiger partial charge is 0.471 e. The smallest absolute Gasteiger partial charge is 0.252 e. The highest BCUT2D eigenvalue weighted by Crippen LogP contribution is 2.33. The first-order valence-corrected chi connectivity index (χ1v) is 12.8. The maximum absolute atomic E-state index is 12.2. The van der Waals surface area contributed by atoms with Crippen molar-refractivity contribution in [2.45, 2.75) is 12.5 Å². The van der Waals surface area contributed by atoms with Crippen molar-refractivity contribution in [2.75, 3.05) is 58.4 Å². The maximum atomic E-state index is 12.2. The van der Waals surface area contributed by atoms with Gasteiger partial charge in [0.05, 0.1) is 30.5 Å². The van der Waals surface area contributed by atoms with Crippen LogP contribution in [-0.4, -0.2) is 95.0 Å². The van der Waals surface area contributed by atoms with E-state index in [4.69, 9.17) is 19.4 Å². The lowest BCUT2D eigenvalue weighted by Crippen LogP contribution is -2.44. The van der Waals surface area contributed by atoms with Gasteiger partial charge >= 0.3 is 0 Å². The van der Waals surface area contributed by atoms with Crippen molar-refractivity contribution >= 4 is 17.4 Å². The van der Waals surface area contributed by atoms with E-state index in [-0.39, 0.29) is 12.0 Å². The summed E-state index contributed by atoms with van der Waals surface area (Å²) in [6, 6.07) is 5.89. The van der Waals surface area contributed by atoms with Crippen molar-refractivity contribution in [3.63, 3.8) is 0 Å². The summed E-state index contributed by atoms with van der Waals surface area (Å²) in [5, 5.41) is 7.19. The zero-order valence-corrected chi connectivity index (χ0v) is 21.5. The van der Waals surface area contributed by atoms with Gasteiger partial charge in [0.15, 0.2) is 5.65 Å². The predicted molar refractivity (Wildman–Crippen MR) is 142 cm³/mol. The van der Waals surface area contributed by atoms with Crippen molar-refractivity contribution in [3.05, 3.63) is 54.7 Å². The van der Waals surface area contributed by atoms with Crippen LogP contribution in [0.25, 0.3) is 27.9 Å². The Morgan fingerprint density at radius 3 is 2.68 bits per heavy atom. The molecule has 0 aliphatic carbocycles. The molecule has 0 spiro atoms. The molecule has 0 radical (unpaired) electrons. The molecule has 0 aromatic carbocycles. The molecule has 38 heavy (non-hydrogen) atoms. The molecule has 1 atom stereocenters. The second kappa shape index (κ2) is 10.3. The van der Waals surface area contributed by atoms with Crippen LogP contribution in [-0.2, 0) is 4.74 Å². The maximum Gasteiger partial charge on any atom is 0.252 e. The molecule has 11 heteroatoms. The summed E-state index contributed by atoms with van der Waals surface area (Å²) in [5.41, 5.74) is 4.27. The van der Waals surface area contributed by atoms with Crippen LogP contribution < -0.4 is 15.0 Å². The lowest BCUT2D eigenvalue weighted by Gasteiger charge is -2.33. The van der Waals surface area contributed by atoms with Crippen molar-refractivity contribution in [2.24, 2.45) is 0 Å². The van der Waals surface area contributed by atoms with Gasteiger partial charge in [-0.1, -0.05) is 0 Å². The summed E-state index contributed by atoms with van der Waals surface area (Å²) in [6.45, 7) is 5.15. The van der Waals surface area contributed by atoms with E-state index in [2.05, 4.69) is 44.4 Å². The quantitative estimate of drug-likeness (QED) is 0.414. The van der Waals surface area contributed by atoms with Crippen molar-refractivity contribution in [1.82, 2.24) is 34.8 Å². The zero-order valence-electron chi connectivity index (χ0n) is 21.5. The van der Waals surface area contributed by atoms with Gasteiger partial charge in [-0.15, -0.1) is 0 Å². The molecular formula is C27H30N8O3. The second-order valence-electron chi connectivity index (χ2n) is 9.63. The molecule has 0 saturated carbocycles. The van der Waals surface area contributed by atoms with Gasteiger partial charge in [0, 0.05) is 81.1 Å². The van der Waals surface area contributed by atoms with E-state index >= 15 is 0 Å². The third-order valence-corrected chi connectivity index (χ3v) is 7.05. The number of nitrogens with one attached hydrogen (secondary N) is 1. The molecule has 2 saturated heterocycles. The molecule has 1 amide bonds. The SMILES string of the molecule is CNC(=O)c1cncc(-c2cnn3cc(-c4ccc(N5CCN(C)CC5)nc4)c(OC4CCOC4)nc23)c1. The van der Waals surface area contributed by atoms with E-state index in [9.17, 15) is 4.79 Å². The van der Waals surface area contributed by atoms with Crippen molar-refractivity contribution in [3.8, 4) is 28.1 Å². The van der Waals surface area contributed by atoms with Crippen LogP contribution in [0, 0.1) is 0 Å². The minimum absolute atomic E-state index is 0.0779. The fraction of sp³-hybridized carbons (Fsp3) is 0.370. The molecule has 6 heterocycles. The number of nitrogens with zero attached hydrogens (tertiary/aromatic N) is 7. The third kappa shape index (κ3) is 4.77. The van der Waals surface area contributed by atoms with E-state index in [1.807, 2.05) is 12.4 Å². The number of piperazine rings is 1. The normalized spacial score (nSPS) is 18.2. The van der Waals surface area contributed by atoms with Crippen LogP contribution in [0.15, 0.2) is 49.2 Å². The third-order valence-electron chi connectivity index (χ3n) is 7.05. The minimum atomic E-state index is -0.205. The van der Waals surface area contributed by atoms with Gasteiger partial charge in [-0.05, 0) is 25.2 Å². The fourth-order valence-electron chi connectivity index (χ4n) is 4.77. The highest BCUT2D eigenvalue weighted by atomic mass is 16.5. The van der Waals surface area contributed by atoms with Crippen LogP contribution in [0.4, 0.5) is 5.82 Å². The monoisotopic (exact) mass is 514 g/mol. The van der Waals surface area contributed by atoms with Gasteiger partial charge in [0.2, 0.25) is 5.88 Å². The highest BCUT2D eigenvalue weighted by molar-refractivity contribution is 5.95. The number of ether oxygens (including phenoxy) is 2. The van der Waals surface area contributed by atoms with Crippen LogP contribution in [0.5, 0.6) is 5.88 Å². The Hall–Kier alpha value is -4.09. The molecule has 2 fully saturated rings. The van der Waals surface area contributed by atoms with E-state index in [0.717, 1.165) is 60.7 Å². The number of hydrogen-bond donors (Lipinski definition) is 1. The average Bonchev–Trinajstić information content (AvgIpc) is 3.63. The Labute approximate surface area is 220 Å². The summed E-state index contributed by atoms with van der Waals surface area (Å²) < 4.78 is 13.6. The first-order chi connectivity index (χ1) is 18.6. The number of anilines is 1. The number of carbonyl (C=O) groups excluding carboxylic acids is 1. The highest BCUT2D eigenvalue weighted by Gasteiger charge is 2.23. The van der Waals surface area contributed by atoms with Gasteiger partial charge in [0.1, 0.15) is 11.9 Å². The number of aromatic nitrogens is 5. The van der Waals surface area contributed by atoms with E-state index in [1.165, 1.54) is 6.20 Å². The van der Waals surface area contributed by atoms with Gasteiger partial charge in [-0.2, -0.15) is 10.1 Å². The molecule has 2 aliphatic heterocycles. The van der Waals surface area contributed by atoms with Crippen LogP contribution >= 0.6 is 0 Å². The average molecular weight is 515 g/mol. The molecule has 4 aromatic heterocycles. The number of rotatable bonds is 6. The first-order valence-electron chi connectivity index (χ1n) is 12.8. The number of amides is 1. The number of likely N-dealkylation sites (N-methyl/N-ethyl adjacent to an activating group) is 1. The fourth-order valence-corrected chi connectivity index (χ4v) is 4.77. The van der Waals surface area contributed by atoms with Crippen LogP contribution in [0.1, 0.15) is 16.8 Å². The summed E-state index contributed by atoms with van der Waals surface area (Å²) >= 11 is 0. The number of pyridine rings is 2. The molecule has 4 aromatic rings. The second-order valence-corrected chi connectivity index (χ2v) is 9.63. The van der Waals surface area contributed by atoms with Gasteiger partial charge in [-0.3, -0.25) is 9.78 Å². The Morgan fingerprint density at radius 2 is 1.95 bits per heavy atom. The Balaban J connectivity index is 1.38. The molecule has 196 valence electrons. The summed E-state index contributed by atoms with van der Waals surface area (Å²) in [4.78, 5) is 30.7. The van der Waals surface area contributed by atoms with Crippen molar-refractivity contribution in [1.29, 1.82) is 0 Å². The lowest BCUT2D eigenvalue weighted by atomic mass is 10.1. The molecule has 0 bridgehead atoms. The molecule has 6 rings (SSSR count). The predicted octanol–water partition coefficient (Wildman–Crippen LogP) is 2.13. The number of hydrogen-bond acceptors (Lipinski definition) is 9. The van der Waals surface area contributed by atoms with E-state index in [1.54, 1.807) is 30.0 Å². The van der Waals surface area contributed by atoms with Crippen LogP contribution in [0.3, 0.4) is 0 Å². The van der Waals surface area contributed by atoms with E-state index in [0.29, 0.717) is 30.3 Å². The Kier molecular flexibility index (Phi) is 6.61. The molecule has 11 nitrogen and oxygen atoms in total. The minimum Gasteiger partial charge on any atom is -0.471 e. The molecular weight excluding hydrogens is 484 g/mol. The van der Waals surface area contributed by atoms with Gasteiger partial charge in [-0.25, -0.2) is 9.50 Å². The summed E-state index contributed by atoms with van der Waals surface area (Å²) in [5.74, 6) is 1.26. The van der Waals surface area contributed by atoms with Gasteiger partial charge in [0.25, 0.3) is 5.91 Å². The van der Waals surface area contributed by atoms with E-state index < -0.39 is 0 Å². The van der Waals surface area contributed by atoms with Crippen molar-refractivity contribution < 1.29 is 14.3 Å². The number of carbonyl (C=O) groups is 1. The number of fused-ring (bicyclic) bond motifs is 1. The first kappa shape index (κ1) is 24.3. The zero-order chi connectivity index (χ0) is 26.1. The molecule has 2 aliphatic rings. The Morgan fingerprint density at radius 1 is 1.08 bits per heavy atom. The summed E-state index contributed by atoms with van der Waals surface area (Å²) in [7, 11) is 3.74. The van der Waals surface area contributed by atoms with Gasteiger partial charge < -0.3 is 24.6 Å². The lowest BCUT2D eigenvalue weighted by molar-refractivity contribution is 0.0962. The summed E-state index contributed by atoms with van der Waals surface area (Å²) in [6.07, 6.45) is 9.48.